The lowest BCUT2D eigenvalue weighted by Crippen LogP contribution is -2.66. The zero-order chi connectivity index (χ0) is 17.8. The minimum absolute atomic E-state index is 0.145. The van der Waals surface area contributed by atoms with Gasteiger partial charge in [0.25, 0.3) is 0 Å². The van der Waals surface area contributed by atoms with Crippen molar-refractivity contribution in [1.29, 1.82) is 0 Å². The Hall–Kier alpha value is -2.04. The lowest BCUT2D eigenvalue weighted by molar-refractivity contribution is -0.163. The molecular weight excluding hydrogens is 306 g/mol. The zero-order valence-electron chi connectivity index (χ0n) is 14.7. The Kier molecular flexibility index (Phi) is 5.52. The van der Waals surface area contributed by atoms with E-state index in [1.165, 1.54) is 4.90 Å². The van der Waals surface area contributed by atoms with Crippen molar-refractivity contribution in [2.24, 2.45) is 5.41 Å². The van der Waals surface area contributed by atoms with Gasteiger partial charge < -0.3 is 9.84 Å². The summed E-state index contributed by atoms with van der Waals surface area (Å²) in [5.74, 6) is -0.939. The van der Waals surface area contributed by atoms with Gasteiger partial charge in [-0.25, -0.2) is 9.59 Å². The Labute approximate surface area is 143 Å². The van der Waals surface area contributed by atoms with Gasteiger partial charge in [-0.3, -0.25) is 4.90 Å². The van der Waals surface area contributed by atoms with Crippen molar-refractivity contribution in [3.05, 3.63) is 35.9 Å². The van der Waals surface area contributed by atoms with Gasteiger partial charge in [-0.2, -0.15) is 0 Å². The van der Waals surface area contributed by atoms with E-state index in [1.807, 2.05) is 44.2 Å². The molecule has 0 heterocycles. The molecule has 1 aliphatic carbocycles. The average molecular weight is 333 g/mol. The summed E-state index contributed by atoms with van der Waals surface area (Å²) < 4.78 is 5.43. The van der Waals surface area contributed by atoms with Crippen molar-refractivity contribution >= 4 is 12.1 Å². The first kappa shape index (κ1) is 18.3. The molecule has 0 radical (unpaired) electrons. The van der Waals surface area contributed by atoms with Gasteiger partial charge in [-0.1, -0.05) is 57.0 Å². The molecule has 1 saturated carbocycles. The minimum atomic E-state index is -1.21. The summed E-state index contributed by atoms with van der Waals surface area (Å²) in [5.41, 5.74) is -0.832. The van der Waals surface area contributed by atoms with E-state index in [9.17, 15) is 14.7 Å². The van der Waals surface area contributed by atoms with Gasteiger partial charge in [0.2, 0.25) is 0 Å². The molecule has 5 nitrogen and oxygen atoms in total. The summed E-state index contributed by atoms with van der Waals surface area (Å²) in [6.45, 7) is 6.13. The fraction of sp³-hybridized carbons (Fsp3) is 0.579. The molecule has 0 saturated heterocycles. The van der Waals surface area contributed by atoms with E-state index in [0.29, 0.717) is 13.0 Å². The van der Waals surface area contributed by atoms with Crippen LogP contribution in [-0.2, 0) is 16.1 Å². The third kappa shape index (κ3) is 3.25. The first-order chi connectivity index (χ1) is 11.3. The predicted molar refractivity (Wildman–Crippen MR) is 91.6 cm³/mol. The van der Waals surface area contributed by atoms with Crippen LogP contribution in [0.15, 0.2) is 30.3 Å². The quantitative estimate of drug-likeness (QED) is 0.882. The average Bonchev–Trinajstić information content (AvgIpc) is 2.55. The Morgan fingerprint density at radius 1 is 1.17 bits per heavy atom. The summed E-state index contributed by atoms with van der Waals surface area (Å²) in [7, 11) is 0. The smallest absolute Gasteiger partial charge is 0.411 e. The SMILES string of the molecule is CCN(C(=O)OCc1ccccc1)C1(C(=O)O)CCCCC1(C)C. The molecule has 0 bridgehead atoms. The first-order valence-corrected chi connectivity index (χ1v) is 8.57. The molecule has 1 aromatic rings. The number of carboxylic acids is 1. The molecule has 0 spiro atoms. The number of nitrogens with zero attached hydrogens (tertiary/aromatic N) is 1. The highest BCUT2D eigenvalue weighted by molar-refractivity contribution is 5.85. The number of carbonyl (C=O) groups excluding carboxylic acids is 1. The molecule has 5 heteroatoms. The molecule has 1 unspecified atom stereocenters. The maximum Gasteiger partial charge on any atom is 0.411 e. The van der Waals surface area contributed by atoms with Gasteiger partial charge in [-0.05, 0) is 30.7 Å². The van der Waals surface area contributed by atoms with E-state index in [0.717, 1.165) is 24.8 Å². The molecule has 1 aromatic carbocycles. The van der Waals surface area contributed by atoms with E-state index >= 15 is 0 Å². The van der Waals surface area contributed by atoms with Crippen LogP contribution in [0.5, 0.6) is 0 Å². The van der Waals surface area contributed by atoms with Crippen LogP contribution in [0.25, 0.3) is 0 Å². The van der Waals surface area contributed by atoms with E-state index in [4.69, 9.17) is 4.74 Å². The number of ether oxygens (including phenoxy) is 1. The summed E-state index contributed by atoms with van der Waals surface area (Å²) in [4.78, 5) is 26.3. The highest BCUT2D eigenvalue weighted by atomic mass is 16.6. The molecule has 1 atom stereocenters. The highest BCUT2D eigenvalue weighted by Crippen LogP contribution is 2.48. The second-order valence-electron chi connectivity index (χ2n) is 7.04. The van der Waals surface area contributed by atoms with Crippen molar-refractivity contribution in [3.63, 3.8) is 0 Å². The third-order valence-corrected chi connectivity index (χ3v) is 5.27. The number of likely N-dealkylation sites (N-methyl/N-ethyl adjacent to an activating group) is 1. The number of carbonyl (C=O) groups is 2. The molecule has 1 N–H and O–H groups in total. The van der Waals surface area contributed by atoms with Crippen LogP contribution in [0, 0.1) is 5.41 Å². The van der Waals surface area contributed by atoms with Crippen LogP contribution in [0.3, 0.4) is 0 Å². The number of aliphatic carboxylic acids is 1. The van der Waals surface area contributed by atoms with E-state index in [2.05, 4.69) is 0 Å². The first-order valence-electron chi connectivity index (χ1n) is 8.57. The van der Waals surface area contributed by atoms with Crippen molar-refractivity contribution in [2.45, 2.75) is 58.6 Å². The van der Waals surface area contributed by atoms with Gasteiger partial charge in [-0.15, -0.1) is 0 Å². The van der Waals surface area contributed by atoms with Gasteiger partial charge in [0, 0.05) is 6.54 Å². The Bertz CT molecular complexity index is 584. The van der Waals surface area contributed by atoms with Crippen molar-refractivity contribution in [3.8, 4) is 0 Å². The van der Waals surface area contributed by atoms with Crippen LogP contribution in [0.1, 0.15) is 52.0 Å². The second-order valence-corrected chi connectivity index (χ2v) is 7.04. The van der Waals surface area contributed by atoms with E-state index < -0.39 is 23.0 Å². The van der Waals surface area contributed by atoms with Crippen LogP contribution in [-0.4, -0.2) is 34.2 Å². The number of amides is 1. The molecule has 24 heavy (non-hydrogen) atoms. The minimum Gasteiger partial charge on any atom is -0.479 e. The summed E-state index contributed by atoms with van der Waals surface area (Å²) in [6.07, 6.45) is 2.47. The molecule has 1 fully saturated rings. The predicted octanol–water partition coefficient (Wildman–Crippen LogP) is 4.07. The van der Waals surface area contributed by atoms with E-state index in [1.54, 1.807) is 6.92 Å². The molecule has 1 aliphatic rings. The Balaban J connectivity index is 2.23. The molecule has 132 valence electrons. The number of benzene rings is 1. The Morgan fingerprint density at radius 2 is 1.79 bits per heavy atom. The van der Waals surface area contributed by atoms with Crippen molar-refractivity contribution < 1.29 is 19.4 Å². The lowest BCUT2D eigenvalue weighted by Gasteiger charge is -2.52. The zero-order valence-corrected chi connectivity index (χ0v) is 14.7. The number of hydrogen-bond donors (Lipinski definition) is 1. The maximum absolute atomic E-state index is 12.7. The number of hydrogen-bond acceptors (Lipinski definition) is 3. The van der Waals surface area contributed by atoms with Crippen LogP contribution in [0.2, 0.25) is 0 Å². The van der Waals surface area contributed by atoms with Crippen molar-refractivity contribution in [1.82, 2.24) is 4.90 Å². The molecular formula is C19H27NO4. The maximum atomic E-state index is 12.7. The monoisotopic (exact) mass is 333 g/mol. The van der Waals surface area contributed by atoms with Crippen LogP contribution in [0.4, 0.5) is 4.79 Å². The topological polar surface area (TPSA) is 66.8 Å². The number of rotatable bonds is 5. The second kappa shape index (κ2) is 7.24. The van der Waals surface area contributed by atoms with Gasteiger partial charge in [0.1, 0.15) is 12.1 Å². The molecule has 2 rings (SSSR count). The molecule has 0 aromatic heterocycles. The standard InChI is InChI=1S/C19H27NO4/c1-4-20(17(23)24-14-15-10-6-5-7-11-15)19(16(21)22)13-9-8-12-18(19,2)3/h5-7,10-11H,4,8-9,12-14H2,1-3H3,(H,21,22). The molecule has 1 amide bonds. The van der Waals surface area contributed by atoms with Crippen molar-refractivity contribution in [2.75, 3.05) is 6.54 Å². The fourth-order valence-corrected chi connectivity index (χ4v) is 3.86. The Morgan fingerprint density at radius 3 is 2.33 bits per heavy atom. The van der Waals surface area contributed by atoms with Crippen LogP contribution >= 0.6 is 0 Å². The third-order valence-electron chi connectivity index (χ3n) is 5.27. The lowest BCUT2D eigenvalue weighted by atomic mass is 9.62. The number of carboxylic acid groups (broad SMARTS) is 1. The van der Waals surface area contributed by atoms with E-state index in [-0.39, 0.29) is 6.61 Å². The largest absolute Gasteiger partial charge is 0.479 e. The van der Waals surface area contributed by atoms with Crippen LogP contribution < -0.4 is 0 Å². The van der Waals surface area contributed by atoms with Gasteiger partial charge in [0.05, 0.1) is 0 Å². The summed E-state index contributed by atoms with van der Waals surface area (Å²) in [6, 6.07) is 9.41. The fourth-order valence-electron chi connectivity index (χ4n) is 3.86. The summed E-state index contributed by atoms with van der Waals surface area (Å²) >= 11 is 0. The van der Waals surface area contributed by atoms with Gasteiger partial charge >= 0.3 is 12.1 Å². The summed E-state index contributed by atoms with van der Waals surface area (Å²) in [5, 5.41) is 10.0. The highest BCUT2D eigenvalue weighted by Gasteiger charge is 2.58. The normalized spacial score (nSPS) is 22.6. The molecule has 0 aliphatic heterocycles. The van der Waals surface area contributed by atoms with Gasteiger partial charge in [0.15, 0.2) is 0 Å².